The van der Waals surface area contributed by atoms with Crippen LogP contribution in [-0.4, -0.2) is 49.5 Å². The average Bonchev–Trinajstić information content (AvgIpc) is 2.12. The first kappa shape index (κ1) is 14.2. The molecule has 0 heterocycles. The molecule has 0 rings (SSSR count). The molecular formula is C10H23NO2S. The number of thioether (sulfide) groups is 1. The van der Waals surface area contributed by atoms with Crippen molar-refractivity contribution in [1.29, 1.82) is 0 Å². The van der Waals surface area contributed by atoms with Crippen molar-refractivity contribution in [2.75, 3.05) is 38.3 Å². The Morgan fingerprint density at radius 2 is 2.07 bits per heavy atom. The predicted octanol–water partition coefficient (Wildman–Crippen LogP) is 0.972. The van der Waals surface area contributed by atoms with Crippen molar-refractivity contribution in [2.24, 2.45) is 5.92 Å². The third kappa shape index (κ3) is 10.3. The molecule has 3 nitrogen and oxygen atoms in total. The molecule has 14 heavy (non-hydrogen) atoms. The van der Waals surface area contributed by atoms with E-state index in [1.54, 1.807) is 11.8 Å². The van der Waals surface area contributed by atoms with Crippen molar-refractivity contribution in [1.82, 2.24) is 5.32 Å². The normalized spacial score (nSPS) is 13.5. The second-order valence-corrected chi connectivity index (χ2v) is 4.77. The van der Waals surface area contributed by atoms with Crippen molar-refractivity contribution < 1.29 is 9.84 Å². The SMILES string of the molecule is CSCCNCC(O)COCC(C)C. The van der Waals surface area contributed by atoms with Crippen LogP contribution in [0.1, 0.15) is 13.8 Å². The lowest BCUT2D eigenvalue weighted by molar-refractivity contribution is 0.0264. The number of rotatable bonds is 9. The fourth-order valence-electron chi connectivity index (χ4n) is 0.942. The zero-order valence-corrected chi connectivity index (χ0v) is 10.3. The van der Waals surface area contributed by atoms with Crippen molar-refractivity contribution in [2.45, 2.75) is 20.0 Å². The van der Waals surface area contributed by atoms with Crippen LogP contribution in [-0.2, 0) is 4.74 Å². The lowest BCUT2D eigenvalue weighted by Crippen LogP contribution is -2.32. The van der Waals surface area contributed by atoms with Crippen molar-refractivity contribution in [3.8, 4) is 0 Å². The van der Waals surface area contributed by atoms with Gasteiger partial charge in [-0.15, -0.1) is 0 Å². The van der Waals surface area contributed by atoms with Crippen LogP contribution in [0.15, 0.2) is 0 Å². The molecule has 0 spiro atoms. The molecule has 0 fully saturated rings. The molecule has 0 saturated carbocycles. The monoisotopic (exact) mass is 221 g/mol. The standard InChI is InChI=1S/C10H23NO2S/c1-9(2)7-13-8-10(12)6-11-4-5-14-3/h9-12H,4-8H2,1-3H3. The second-order valence-electron chi connectivity index (χ2n) is 3.78. The Labute approximate surface area is 91.6 Å². The predicted molar refractivity (Wildman–Crippen MR) is 62.9 cm³/mol. The zero-order chi connectivity index (χ0) is 10.8. The van der Waals surface area contributed by atoms with Crippen molar-refractivity contribution in [3.05, 3.63) is 0 Å². The molecule has 1 unspecified atom stereocenters. The fourth-order valence-corrected chi connectivity index (χ4v) is 1.29. The van der Waals surface area contributed by atoms with E-state index in [1.807, 2.05) is 0 Å². The summed E-state index contributed by atoms with van der Waals surface area (Å²) in [4.78, 5) is 0. The van der Waals surface area contributed by atoms with Gasteiger partial charge in [0.05, 0.1) is 12.7 Å². The minimum Gasteiger partial charge on any atom is -0.389 e. The summed E-state index contributed by atoms with van der Waals surface area (Å²) in [5.74, 6) is 1.62. The maximum absolute atomic E-state index is 9.47. The lowest BCUT2D eigenvalue weighted by atomic mass is 10.2. The first-order valence-electron chi connectivity index (χ1n) is 5.12. The number of nitrogens with one attached hydrogen (secondary N) is 1. The van der Waals surface area contributed by atoms with E-state index in [2.05, 4.69) is 25.4 Å². The summed E-state index contributed by atoms with van der Waals surface area (Å²) < 4.78 is 5.32. The third-order valence-corrected chi connectivity index (χ3v) is 2.24. The largest absolute Gasteiger partial charge is 0.389 e. The molecule has 0 amide bonds. The Morgan fingerprint density at radius 3 is 2.64 bits per heavy atom. The summed E-state index contributed by atoms with van der Waals surface area (Å²) in [6, 6.07) is 0. The highest BCUT2D eigenvalue weighted by Gasteiger charge is 2.03. The Bertz CT molecular complexity index is 123. The summed E-state index contributed by atoms with van der Waals surface area (Å²) in [5, 5.41) is 12.6. The van der Waals surface area contributed by atoms with Crippen LogP contribution in [0.4, 0.5) is 0 Å². The van der Waals surface area contributed by atoms with E-state index in [0.29, 0.717) is 19.1 Å². The summed E-state index contributed by atoms with van der Waals surface area (Å²) in [5.41, 5.74) is 0. The van der Waals surface area contributed by atoms with Gasteiger partial charge >= 0.3 is 0 Å². The summed E-state index contributed by atoms with van der Waals surface area (Å²) in [7, 11) is 0. The topological polar surface area (TPSA) is 41.5 Å². The zero-order valence-electron chi connectivity index (χ0n) is 9.45. The molecule has 0 bridgehead atoms. The van der Waals surface area contributed by atoms with Gasteiger partial charge in [0.25, 0.3) is 0 Å². The quantitative estimate of drug-likeness (QED) is 0.569. The van der Waals surface area contributed by atoms with Gasteiger partial charge in [-0.2, -0.15) is 11.8 Å². The molecule has 0 aliphatic carbocycles. The van der Waals surface area contributed by atoms with Gasteiger partial charge in [0.2, 0.25) is 0 Å². The highest BCUT2D eigenvalue weighted by atomic mass is 32.2. The van der Waals surface area contributed by atoms with Gasteiger partial charge in [0, 0.05) is 25.4 Å². The molecule has 0 radical (unpaired) electrons. The second kappa shape index (κ2) is 9.77. The van der Waals surface area contributed by atoms with Gasteiger partial charge in [-0.1, -0.05) is 13.8 Å². The van der Waals surface area contributed by atoms with E-state index in [9.17, 15) is 5.11 Å². The van der Waals surface area contributed by atoms with Gasteiger partial charge in [-0.3, -0.25) is 0 Å². The highest BCUT2D eigenvalue weighted by Crippen LogP contribution is 1.93. The molecule has 1 atom stereocenters. The molecule has 0 aromatic carbocycles. The average molecular weight is 221 g/mol. The van der Waals surface area contributed by atoms with E-state index in [4.69, 9.17) is 4.74 Å². The molecule has 0 aromatic heterocycles. The number of ether oxygens (including phenoxy) is 1. The number of aliphatic hydroxyl groups is 1. The molecule has 0 saturated heterocycles. The molecule has 4 heteroatoms. The first-order chi connectivity index (χ1) is 6.66. The molecule has 0 aromatic rings. The molecule has 0 aliphatic rings. The van der Waals surface area contributed by atoms with Crippen molar-refractivity contribution >= 4 is 11.8 Å². The Morgan fingerprint density at radius 1 is 1.36 bits per heavy atom. The van der Waals surface area contributed by atoms with Gasteiger partial charge in [0.15, 0.2) is 0 Å². The number of hydrogen-bond donors (Lipinski definition) is 2. The minimum atomic E-state index is -0.379. The van der Waals surface area contributed by atoms with E-state index in [0.717, 1.165) is 18.9 Å². The third-order valence-electron chi connectivity index (χ3n) is 1.62. The number of hydrogen-bond acceptors (Lipinski definition) is 4. The fraction of sp³-hybridized carbons (Fsp3) is 1.00. The van der Waals surface area contributed by atoms with Crippen molar-refractivity contribution in [3.63, 3.8) is 0 Å². The van der Waals surface area contributed by atoms with Crippen LogP contribution >= 0.6 is 11.8 Å². The van der Waals surface area contributed by atoms with Gasteiger partial charge in [-0.05, 0) is 12.2 Å². The van der Waals surface area contributed by atoms with Gasteiger partial charge in [-0.25, -0.2) is 0 Å². The first-order valence-corrected chi connectivity index (χ1v) is 6.51. The summed E-state index contributed by atoms with van der Waals surface area (Å²) >= 11 is 1.80. The number of aliphatic hydroxyl groups excluding tert-OH is 1. The molecular weight excluding hydrogens is 198 g/mol. The maximum Gasteiger partial charge on any atom is 0.0897 e. The maximum atomic E-state index is 9.47. The minimum absolute atomic E-state index is 0.379. The van der Waals surface area contributed by atoms with Crippen LogP contribution in [0.25, 0.3) is 0 Å². The van der Waals surface area contributed by atoms with E-state index in [1.165, 1.54) is 0 Å². The Kier molecular flexibility index (Phi) is 9.93. The van der Waals surface area contributed by atoms with Crippen LogP contribution in [0.3, 0.4) is 0 Å². The van der Waals surface area contributed by atoms with Gasteiger partial charge in [0.1, 0.15) is 0 Å². The highest BCUT2D eigenvalue weighted by molar-refractivity contribution is 7.98. The molecule has 2 N–H and O–H groups in total. The van der Waals surface area contributed by atoms with E-state index in [-0.39, 0.29) is 6.10 Å². The van der Waals surface area contributed by atoms with Crippen LogP contribution in [0, 0.1) is 5.92 Å². The van der Waals surface area contributed by atoms with Crippen LogP contribution < -0.4 is 5.32 Å². The summed E-state index contributed by atoms with van der Waals surface area (Å²) in [6.45, 7) is 6.93. The van der Waals surface area contributed by atoms with E-state index >= 15 is 0 Å². The molecule has 0 aliphatic heterocycles. The van der Waals surface area contributed by atoms with E-state index < -0.39 is 0 Å². The summed E-state index contributed by atoms with van der Waals surface area (Å²) in [6.07, 6.45) is 1.69. The smallest absolute Gasteiger partial charge is 0.0897 e. The van der Waals surface area contributed by atoms with Gasteiger partial charge < -0.3 is 15.2 Å². The molecule has 86 valence electrons. The van der Waals surface area contributed by atoms with Crippen LogP contribution in [0.2, 0.25) is 0 Å². The lowest BCUT2D eigenvalue weighted by Gasteiger charge is -2.13. The van der Waals surface area contributed by atoms with Crippen LogP contribution in [0.5, 0.6) is 0 Å². The Balaban J connectivity index is 3.15. The Hall–Kier alpha value is 0.230.